The summed E-state index contributed by atoms with van der Waals surface area (Å²) in [6, 6.07) is 0. The second-order valence-corrected chi connectivity index (χ2v) is 5.26. The lowest BCUT2D eigenvalue weighted by Gasteiger charge is -2.36. The van der Waals surface area contributed by atoms with Gasteiger partial charge in [0.15, 0.2) is 0 Å². The first kappa shape index (κ1) is 14.9. The second-order valence-electron chi connectivity index (χ2n) is 5.26. The van der Waals surface area contributed by atoms with E-state index in [1.165, 1.54) is 38.5 Å². The quantitative estimate of drug-likeness (QED) is 0.697. The van der Waals surface area contributed by atoms with Crippen LogP contribution < -0.4 is 5.32 Å². The smallest absolute Gasteiger partial charge is 0.0811 e. The predicted molar refractivity (Wildman–Crippen MR) is 71.4 cm³/mol. The molecule has 102 valence electrons. The third kappa shape index (κ3) is 5.36. The van der Waals surface area contributed by atoms with Crippen LogP contribution in [0.4, 0.5) is 0 Å². The van der Waals surface area contributed by atoms with Crippen molar-refractivity contribution in [2.24, 2.45) is 0 Å². The second kappa shape index (κ2) is 8.06. The van der Waals surface area contributed by atoms with E-state index in [0.717, 1.165) is 13.1 Å². The number of nitrogens with one attached hydrogen (secondary N) is 1. The molecular formula is C14H29NO2. The van der Waals surface area contributed by atoms with Gasteiger partial charge in [0.2, 0.25) is 0 Å². The Morgan fingerprint density at radius 2 is 1.82 bits per heavy atom. The van der Waals surface area contributed by atoms with Gasteiger partial charge in [0.25, 0.3) is 0 Å². The van der Waals surface area contributed by atoms with E-state index in [4.69, 9.17) is 9.47 Å². The largest absolute Gasteiger partial charge is 0.382 e. The van der Waals surface area contributed by atoms with E-state index in [2.05, 4.69) is 19.2 Å². The molecule has 1 atom stereocenters. The number of ether oxygens (including phenoxy) is 2. The Labute approximate surface area is 106 Å². The molecule has 1 rings (SSSR count). The van der Waals surface area contributed by atoms with Gasteiger partial charge >= 0.3 is 0 Å². The minimum Gasteiger partial charge on any atom is -0.382 e. The summed E-state index contributed by atoms with van der Waals surface area (Å²) in [5.41, 5.74) is 0.0461. The molecule has 1 aliphatic rings. The van der Waals surface area contributed by atoms with Crippen LogP contribution in [0, 0.1) is 0 Å². The lowest BCUT2D eigenvalue weighted by atomic mass is 9.93. The van der Waals surface area contributed by atoms with Crippen LogP contribution >= 0.6 is 0 Å². The summed E-state index contributed by atoms with van der Waals surface area (Å²) < 4.78 is 11.5. The topological polar surface area (TPSA) is 30.5 Å². The minimum absolute atomic E-state index is 0.0461. The van der Waals surface area contributed by atoms with E-state index < -0.39 is 0 Å². The number of methoxy groups -OCH3 is 1. The van der Waals surface area contributed by atoms with Crippen LogP contribution in [0.3, 0.4) is 0 Å². The van der Waals surface area contributed by atoms with E-state index in [1.54, 1.807) is 7.11 Å². The monoisotopic (exact) mass is 243 g/mol. The molecule has 3 nitrogen and oxygen atoms in total. The van der Waals surface area contributed by atoms with Gasteiger partial charge in [0, 0.05) is 13.7 Å². The first-order chi connectivity index (χ1) is 8.22. The predicted octanol–water partition coefficient (Wildman–Crippen LogP) is 2.74. The van der Waals surface area contributed by atoms with Crippen molar-refractivity contribution in [3.05, 3.63) is 0 Å². The van der Waals surface area contributed by atoms with E-state index >= 15 is 0 Å². The van der Waals surface area contributed by atoms with Gasteiger partial charge in [-0.25, -0.2) is 0 Å². The fraction of sp³-hybridized carbons (Fsp3) is 1.00. The molecule has 0 aromatic heterocycles. The molecule has 1 saturated carbocycles. The summed E-state index contributed by atoms with van der Waals surface area (Å²) in [7, 11) is 1.74. The summed E-state index contributed by atoms with van der Waals surface area (Å²) in [5.74, 6) is 0. The van der Waals surface area contributed by atoms with Crippen molar-refractivity contribution in [3.63, 3.8) is 0 Å². The zero-order valence-corrected chi connectivity index (χ0v) is 11.8. The van der Waals surface area contributed by atoms with Crippen LogP contribution in [0.5, 0.6) is 0 Å². The summed E-state index contributed by atoms with van der Waals surface area (Å²) in [4.78, 5) is 0. The molecule has 3 heteroatoms. The third-order valence-electron chi connectivity index (χ3n) is 3.56. The van der Waals surface area contributed by atoms with Crippen LogP contribution in [-0.2, 0) is 9.47 Å². The fourth-order valence-corrected chi connectivity index (χ4v) is 2.76. The molecule has 1 unspecified atom stereocenters. The maximum atomic E-state index is 6.31. The first-order valence-corrected chi connectivity index (χ1v) is 7.10. The van der Waals surface area contributed by atoms with E-state index in [-0.39, 0.29) is 11.7 Å². The van der Waals surface area contributed by atoms with Crippen LogP contribution in [-0.4, -0.2) is 38.5 Å². The maximum Gasteiger partial charge on any atom is 0.0811 e. The van der Waals surface area contributed by atoms with E-state index in [1.807, 2.05) is 0 Å². The molecule has 0 aliphatic heterocycles. The summed E-state index contributed by atoms with van der Waals surface area (Å²) in [6.07, 6.45) is 7.88. The highest BCUT2D eigenvalue weighted by Crippen LogP contribution is 2.31. The van der Waals surface area contributed by atoms with Crippen molar-refractivity contribution < 1.29 is 9.47 Å². The van der Waals surface area contributed by atoms with Crippen molar-refractivity contribution >= 4 is 0 Å². The highest BCUT2D eigenvalue weighted by atomic mass is 16.5. The van der Waals surface area contributed by atoms with Crippen LogP contribution in [0.2, 0.25) is 0 Å². The zero-order chi connectivity index (χ0) is 12.6. The number of hydrogen-bond donors (Lipinski definition) is 1. The van der Waals surface area contributed by atoms with Crippen LogP contribution in [0.25, 0.3) is 0 Å². The molecule has 0 heterocycles. The molecule has 0 aromatic rings. The number of hydrogen-bond acceptors (Lipinski definition) is 3. The van der Waals surface area contributed by atoms with Crippen molar-refractivity contribution in [3.8, 4) is 0 Å². The summed E-state index contributed by atoms with van der Waals surface area (Å²) in [6.45, 7) is 6.96. The fourth-order valence-electron chi connectivity index (χ4n) is 2.76. The van der Waals surface area contributed by atoms with E-state index in [9.17, 15) is 0 Å². The van der Waals surface area contributed by atoms with Gasteiger partial charge in [0.1, 0.15) is 0 Å². The van der Waals surface area contributed by atoms with Gasteiger partial charge in [-0.15, -0.1) is 0 Å². The molecule has 0 amide bonds. The maximum absolute atomic E-state index is 6.31. The Morgan fingerprint density at radius 1 is 1.18 bits per heavy atom. The van der Waals surface area contributed by atoms with E-state index in [0.29, 0.717) is 6.61 Å². The lowest BCUT2D eigenvalue weighted by molar-refractivity contribution is -0.113. The average molecular weight is 243 g/mol. The molecule has 0 radical (unpaired) electrons. The molecule has 1 N–H and O–H groups in total. The normalized spacial score (nSPS) is 22.1. The molecule has 1 aliphatic carbocycles. The highest BCUT2D eigenvalue weighted by Gasteiger charge is 2.33. The van der Waals surface area contributed by atoms with Gasteiger partial charge in [-0.2, -0.15) is 0 Å². The molecular weight excluding hydrogens is 214 g/mol. The van der Waals surface area contributed by atoms with Crippen LogP contribution in [0.15, 0.2) is 0 Å². The highest BCUT2D eigenvalue weighted by molar-refractivity contribution is 4.86. The van der Waals surface area contributed by atoms with Gasteiger partial charge in [-0.05, 0) is 26.3 Å². The van der Waals surface area contributed by atoms with Gasteiger partial charge in [-0.1, -0.05) is 32.6 Å². The van der Waals surface area contributed by atoms with Crippen molar-refractivity contribution in [2.75, 3.05) is 26.8 Å². The minimum atomic E-state index is 0.0461. The lowest BCUT2D eigenvalue weighted by Crippen LogP contribution is -2.45. The Kier molecular flexibility index (Phi) is 7.09. The van der Waals surface area contributed by atoms with Crippen molar-refractivity contribution in [2.45, 2.75) is 64.1 Å². The summed E-state index contributed by atoms with van der Waals surface area (Å²) >= 11 is 0. The average Bonchev–Trinajstić information content (AvgIpc) is 2.53. The Hall–Kier alpha value is -0.120. The molecule has 0 bridgehead atoms. The molecule has 17 heavy (non-hydrogen) atoms. The Balaban J connectivity index is 2.55. The summed E-state index contributed by atoms with van der Waals surface area (Å²) in [5, 5.41) is 3.47. The van der Waals surface area contributed by atoms with Crippen molar-refractivity contribution in [1.82, 2.24) is 5.32 Å². The Morgan fingerprint density at radius 3 is 2.35 bits per heavy atom. The standard InChI is InChI=1S/C14H29NO2/c1-4-15-12-14(17-13(2)11-16-3)9-7-5-6-8-10-14/h13,15H,4-12H2,1-3H3. The van der Waals surface area contributed by atoms with Crippen LogP contribution in [0.1, 0.15) is 52.4 Å². The first-order valence-electron chi connectivity index (χ1n) is 7.10. The van der Waals surface area contributed by atoms with Gasteiger partial charge < -0.3 is 14.8 Å². The Bertz CT molecular complexity index is 189. The zero-order valence-electron chi connectivity index (χ0n) is 11.8. The van der Waals surface area contributed by atoms with Gasteiger partial charge in [0.05, 0.1) is 18.3 Å². The number of likely N-dealkylation sites (N-methyl/N-ethyl adjacent to an activating group) is 1. The van der Waals surface area contributed by atoms with Gasteiger partial charge in [-0.3, -0.25) is 0 Å². The molecule has 0 spiro atoms. The SMILES string of the molecule is CCNCC1(OC(C)COC)CCCCCC1. The molecule has 0 saturated heterocycles. The van der Waals surface area contributed by atoms with Crippen molar-refractivity contribution in [1.29, 1.82) is 0 Å². The molecule has 1 fully saturated rings. The molecule has 0 aromatic carbocycles. The third-order valence-corrected chi connectivity index (χ3v) is 3.56. The number of rotatable bonds is 7.